The van der Waals surface area contributed by atoms with Gasteiger partial charge in [-0.3, -0.25) is 0 Å². The number of nitrogens with zero attached hydrogens (tertiary/aromatic N) is 2. The second kappa shape index (κ2) is 7.59. The van der Waals surface area contributed by atoms with Gasteiger partial charge in [-0.25, -0.2) is 26.0 Å². The molecule has 1 aromatic heterocycles. The van der Waals surface area contributed by atoms with Crippen LogP contribution in [0.2, 0.25) is 0 Å². The van der Waals surface area contributed by atoms with Crippen molar-refractivity contribution >= 4 is 32.0 Å². The molecule has 1 heterocycles. The molecule has 0 aliphatic heterocycles. The van der Waals surface area contributed by atoms with E-state index in [0.29, 0.717) is 11.6 Å². The lowest BCUT2D eigenvalue weighted by Gasteiger charge is -2.24. The molecule has 0 unspecified atom stereocenters. The predicted molar refractivity (Wildman–Crippen MR) is 98.8 cm³/mol. The van der Waals surface area contributed by atoms with E-state index >= 15 is 0 Å². The molecule has 2 rings (SSSR count). The Morgan fingerprint density at radius 3 is 2.26 bits per heavy atom. The summed E-state index contributed by atoms with van der Waals surface area (Å²) in [6, 6.07) is 3.55. The topological polar surface area (TPSA) is 68.6 Å². The molecule has 0 N–H and O–H groups in total. The number of ether oxygens (including phenoxy) is 1. The zero-order chi connectivity index (χ0) is 20.6. The van der Waals surface area contributed by atoms with Gasteiger partial charge in [0, 0.05) is 19.3 Å². The van der Waals surface area contributed by atoms with Gasteiger partial charge in [0.25, 0.3) is 10.0 Å². The molecule has 0 bridgehead atoms. The standard InChI is InChI=1S/C17H19BrF2N2O4S/c1-17(2,3)26-16(23)21(4)9-11-5-15(18)22(10-11)27(24,25)14-7-12(19)6-13(20)8-14/h5-8,10H,9H2,1-4H3. The fraction of sp³-hybridized carbons (Fsp3) is 0.353. The van der Waals surface area contributed by atoms with Crippen molar-refractivity contribution in [1.29, 1.82) is 0 Å². The van der Waals surface area contributed by atoms with Gasteiger partial charge in [-0.1, -0.05) is 0 Å². The molecule has 1 aromatic carbocycles. The van der Waals surface area contributed by atoms with E-state index in [2.05, 4.69) is 15.9 Å². The molecular weight excluding hydrogens is 446 g/mol. The fourth-order valence-electron chi connectivity index (χ4n) is 2.21. The minimum atomic E-state index is -4.22. The first-order chi connectivity index (χ1) is 12.3. The van der Waals surface area contributed by atoms with Gasteiger partial charge >= 0.3 is 6.09 Å². The lowest BCUT2D eigenvalue weighted by atomic mass is 10.2. The van der Waals surface area contributed by atoms with E-state index in [4.69, 9.17) is 4.74 Å². The van der Waals surface area contributed by atoms with Gasteiger partial charge in [0.05, 0.1) is 11.4 Å². The Morgan fingerprint density at radius 2 is 1.74 bits per heavy atom. The molecule has 0 saturated carbocycles. The van der Waals surface area contributed by atoms with Gasteiger partial charge in [0.15, 0.2) is 0 Å². The predicted octanol–water partition coefficient (Wildman–Crippen LogP) is 4.13. The Hall–Kier alpha value is -1.94. The lowest BCUT2D eigenvalue weighted by molar-refractivity contribution is 0.0285. The highest BCUT2D eigenvalue weighted by Crippen LogP contribution is 2.24. The third-order valence-electron chi connectivity index (χ3n) is 3.32. The van der Waals surface area contributed by atoms with E-state index < -0.39 is 38.2 Å². The quantitative estimate of drug-likeness (QED) is 0.681. The summed E-state index contributed by atoms with van der Waals surface area (Å²) in [6.07, 6.45) is 0.699. The number of hydrogen-bond acceptors (Lipinski definition) is 4. The van der Waals surface area contributed by atoms with Crippen molar-refractivity contribution in [1.82, 2.24) is 8.87 Å². The van der Waals surface area contributed by atoms with Crippen molar-refractivity contribution in [2.45, 2.75) is 37.8 Å². The third-order valence-corrected chi connectivity index (χ3v) is 5.81. The number of carbonyl (C=O) groups is 1. The molecule has 0 aliphatic rings. The average molecular weight is 465 g/mol. The van der Waals surface area contributed by atoms with E-state index in [9.17, 15) is 22.0 Å². The number of amides is 1. The maximum atomic E-state index is 13.4. The van der Waals surface area contributed by atoms with Crippen LogP contribution in [0, 0.1) is 11.6 Å². The van der Waals surface area contributed by atoms with Crippen LogP contribution in [0.25, 0.3) is 0 Å². The van der Waals surface area contributed by atoms with E-state index in [1.165, 1.54) is 24.2 Å². The summed E-state index contributed by atoms with van der Waals surface area (Å²) < 4.78 is 58.4. The molecule has 0 spiro atoms. The minimum absolute atomic E-state index is 0.0769. The first-order valence-electron chi connectivity index (χ1n) is 7.82. The SMILES string of the molecule is CN(Cc1cc(Br)n(S(=O)(=O)c2cc(F)cc(F)c2)c1)C(=O)OC(C)(C)C. The van der Waals surface area contributed by atoms with E-state index in [-0.39, 0.29) is 11.1 Å². The van der Waals surface area contributed by atoms with Gasteiger partial charge in [0.1, 0.15) is 21.8 Å². The molecule has 27 heavy (non-hydrogen) atoms. The Morgan fingerprint density at radius 1 is 1.19 bits per heavy atom. The second-order valence-corrected chi connectivity index (χ2v) is 9.54. The van der Waals surface area contributed by atoms with Crippen molar-refractivity contribution in [2.24, 2.45) is 0 Å². The summed E-state index contributed by atoms with van der Waals surface area (Å²) >= 11 is 3.12. The molecule has 148 valence electrons. The molecule has 2 aromatic rings. The first-order valence-corrected chi connectivity index (χ1v) is 10.1. The van der Waals surface area contributed by atoms with Gasteiger partial charge in [-0.05, 0) is 60.5 Å². The molecule has 0 atom stereocenters. The van der Waals surface area contributed by atoms with Crippen LogP contribution in [0.1, 0.15) is 26.3 Å². The highest BCUT2D eigenvalue weighted by Gasteiger charge is 2.24. The van der Waals surface area contributed by atoms with Crippen molar-refractivity contribution in [3.05, 3.63) is 52.3 Å². The maximum Gasteiger partial charge on any atom is 0.410 e. The number of aromatic nitrogens is 1. The minimum Gasteiger partial charge on any atom is -0.444 e. The molecule has 10 heteroatoms. The lowest BCUT2D eigenvalue weighted by Crippen LogP contribution is -2.33. The Bertz CT molecular complexity index is 948. The monoisotopic (exact) mass is 464 g/mol. The van der Waals surface area contributed by atoms with Crippen molar-refractivity contribution in [2.75, 3.05) is 7.05 Å². The van der Waals surface area contributed by atoms with Crippen LogP contribution in [0.15, 0.2) is 40.0 Å². The normalized spacial score (nSPS) is 12.1. The maximum absolute atomic E-state index is 13.4. The summed E-state index contributed by atoms with van der Waals surface area (Å²) in [5.74, 6) is -2.00. The largest absolute Gasteiger partial charge is 0.444 e. The van der Waals surface area contributed by atoms with Crippen LogP contribution >= 0.6 is 15.9 Å². The summed E-state index contributed by atoms with van der Waals surface area (Å²) in [5.41, 5.74) is -0.182. The summed E-state index contributed by atoms with van der Waals surface area (Å²) in [6.45, 7) is 5.27. The molecule has 0 fully saturated rings. The van der Waals surface area contributed by atoms with E-state index in [1.54, 1.807) is 20.8 Å². The smallest absolute Gasteiger partial charge is 0.410 e. The van der Waals surface area contributed by atoms with Crippen LogP contribution < -0.4 is 0 Å². The van der Waals surface area contributed by atoms with Crippen LogP contribution in [-0.4, -0.2) is 36.0 Å². The number of rotatable bonds is 4. The van der Waals surface area contributed by atoms with E-state index in [0.717, 1.165) is 16.1 Å². The number of benzene rings is 1. The van der Waals surface area contributed by atoms with Crippen molar-refractivity contribution in [3.8, 4) is 0 Å². The number of halogens is 3. The Balaban J connectivity index is 2.29. The molecule has 0 aliphatic carbocycles. The van der Waals surface area contributed by atoms with Crippen LogP contribution in [0.3, 0.4) is 0 Å². The van der Waals surface area contributed by atoms with E-state index in [1.807, 2.05) is 0 Å². The summed E-state index contributed by atoms with van der Waals surface area (Å²) in [5, 5.41) is 0. The van der Waals surface area contributed by atoms with Gasteiger partial charge in [-0.15, -0.1) is 0 Å². The van der Waals surface area contributed by atoms with Crippen LogP contribution in [0.4, 0.5) is 13.6 Å². The third kappa shape index (κ3) is 5.29. The molecule has 0 radical (unpaired) electrons. The van der Waals surface area contributed by atoms with Gasteiger partial charge < -0.3 is 9.64 Å². The van der Waals surface area contributed by atoms with Crippen molar-refractivity contribution in [3.63, 3.8) is 0 Å². The molecular formula is C17H19BrF2N2O4S. The highest BCUT2D eigenvalue weighted by atomic mass is 79.9. The van der Waals surface area contributed by atoms with Crippen LogP contribution in [-0.2, 0) is 21.3 Å². The second-order valence-electron chi connectivity index (χ2n) is 6.91. The zero-order valence-corrected chi connectivity index (χ0v) is 17.6. The van der Waals surface area contributed by atoms with Gasteiger partial charge in [0.2, 0.25) is 0 Å². The van der Waals surface area contributed by atoms with Gasteiger partial charge in [-0.2, -0.15) is 0 Å². The molecule has 6 nitrogen and oxygen atoms in total. The Kier molecular flexibility index (Phi) is 6.00. The average Bonchev–Trinajstić information content (AvgIpc) is 2.85. The molecule has 0 saturated heterocycles. The molecule has 1 amide bonds. The van der Waals surface area contributed by atoms with Crippen molar-refractivity contribution < 1.29 is 26.7 Å². The number of hydrogen-bond donors (Lipinski definition) is 0. The summed E-state index contributed by atoms with van der Waals surface area (Å²) in [4.78, 5) is 12.8. The zero-order valence-electron chi connectivity index (χ0n) is 15.2. The summed E-state index contributed by atoms with van der Waals surface area (Å²) in [7, 11) is -2.71. The van der Waals surface area contributed by atoms with Crippen LogP contribution in [0.5, 0.6) is 0 Å². The first kappa shape index (κ1) is 21.4. The number of carbonyl (C=O) groups excluding carboxylic acids is 1. The Labute approximate surface area is 164 Å². The highest BCUT2D eigenvalue weighted by molar-refractivity contribution is 9.10. The fourth-order valence-corrected chi connectivity index (χ4v) is 4.48.